The van der Waals surface area contributed by atoms with Crippen LogP contribution in [-0.2, 0) is 19.6 Å². The third kappa shape index (κ3) is 4.82. The van der Waals surface area contributed by atoms with Crippen molar-refractivity contribution in [2.24, 2.45) is 0 Å². The lowest BCUT2D eigenvalue weighted by Crippen LogP contribution is -2.44. The van der Waals surface area contributed by atoms with E-state index in [1.54, 1.807) is 24.3 Å². The minimum Gasteiger partial charge on any atom is -0.468 e. The molecule has 0 bridgehead atoms. The molecular formula is C17H17ClN2O6S. The number of alkyl halides is 1. The number of carbonyl (C=O) groups excluding carboxylic acids is 1. The second kappa shape index (κ2) is 8.47. The highest BCUT2D eigenvalue weighted by Gasteiger charge is 2.36. The van der Waals surface area contributed by atoms with Gasteiger partial charge in [-0.3, -0.25) is 14.9 Å². The van der Waals surface area contributed by atoms with Crippen molar-refractivity contribution in [3.05, 3.63) is 69.8 Å². The Bertz CT molecular complexity index is 946. The minimum atomic E-state index is -4.43. The third-order valence-corrected chi connectivity index (χ3v) is 5.77. The van der Waals surface area contributed by atoms with E-state index in [0.717, 1.165) is 24.8 Å². The Kier molecular flexibility index (Phi) is 6.53. The highest BCUT2D eigenvalue weighted by atomic mass is 35.5. The molecule has 2 rings (SSSR count). The maximum Gasteiger partial charge on any atom is 0.325 e. The summed E-state index contributed by atoms with van der Waals surface area (Å²) in [5.41, 5.74) is 0.829. The van der Waals surface area contributed by atoms with Gasteiger partial charge in [0.25, 0.3) is 5.69 Å². The summed E-state index contributed by atoms with van der Waals surface area (Å²) in [5, 5.41) is 10.0. The zero-order valence-electron chi connectivity index (χ0n) is 14.5. The number of nitrogens with zero attached hydrogens (tertiary/aromatic N) is 1. The van der Waals surface area contributed by atoms with Gasteiger partial charge in [0.2, 0.25) is 10.0 Å². The Labute approximate surface area is 161 Å². The molecule has 27 heavy (non-hydrogen) atoms. The fourth-order valence-electron chi connectivity index (χ4n) is 2.36. The van der Waals surface area contributed by atoms with Crippen LogP contribution in [0.25, 0.3) is 0 Å². The van der Waals surface area contributed by atoms with Crippen molar-refractivity contribution in [3.8, 4) is 0 Å². The average Bonchev–Trinajstić information content (AvgIpc) is 2.65. The molecule has 0 aliphatic carbocycles. The first-order valence-electron chi connectivity index (χ1n) is 7.71. The molecule has 0 aromatic heterocycles. The fourth-order valence-corrected chi connectivity index (χ4v) is 4.12. The van der Waals surface area contributed by atoms with E-state index < -0.39 is 42.9 Å². The van der Waals surface area contributed by atoms with Crippen LogP contribution in [0.1, 0.15) is 16.5 Å². The number of aryl methyl sites for hydroxylation is 1. The van der Waals surface area contributed by atoms with Gasteiger partial charge in [-0.05, 0) is 18.6 Å². The second-order valence-electron chi connectivity index (χ2n) is 5.66. The number of nitro benzene ring substituents is 1. The largest absolute Gasteiger partial charge is 0.468 e. The number of sulfonamides is 1. The Morgan fingerprint density at radius 3 is 2.33 bits per heavy atom. The molecule has 1 N–H and O–H groups in total. The first kappa shape index (κ1) is 20.8. The molecule has 0 amide bonds. The minimum absolute atomic E-state index is 0.489. The summed E-state index contributed by atoms with van der Waals surface area (Å²) in [4.78, 5) is 21.9. The van der Waals surface area contributed by atoms with Crippen molar-refractivity contribution in [3.63, 3.8) is 0 Å². The van der Waals surface area contributed by atoms with Crippen LogP contribution in [0.5, 0.6) is 0 Å². The number of rotatable bonds is 7. The monoisotopic (exact) mass is 412 g/mol. The van der Waals surface area contributed by atoms with E-state index in [1.807, 2.05) is 6.92 Å². The van der Waals surface area contributed by atoms with E-state index in [9.17, 15) is 23.3 Å². The highest BCUT2D eigenvalue weighted by molar-refractivity contribution is 7.89. The Morgan fingerprint density at radius 1 is 1.19 bits per heavy atom. The van der Waals surface area contributed by atoms with Crippen molar-refractivity contribution >= 4 is 33.3 Å². The summed E-state index contributed by atoms with van der Waals surface area (Å²) in [6.07, 6.45) is 0. The molecule has 0 spiro atoms. The Hall–Kier alpha value is -2.49. The van der Waals surface area contributed by atoms with E-state index in [2.05, 4.69) is 9.46 Å². The number of para-hydroxylation sites is 1. The third-order valence-electron chi connectivity index (χ3n) is 3.78. The van der Waals surface area contributed by atoms with Gasteiger partial charge in [0.1, 0.15) is 6.04 Å². The van der Waals surface area contributed by atoms with E-state index >= 15 is 0 Å². The van der Waals surface area contributed by atoms with Crippen molar-refractivity contribution in [1.29, 1.82) is 0 Å². The number of ether oxygens (including phenoxy) is 1. The highest BCUT2D eigenvalue weighted by Crippen LogP contribution is 2.29. The molecule has 2 aromatic carbocycles. The van der Waals surface area contributed by atoms with Crippen molar-refractivity contribution < 1.29 is 22.9 Å². The summed E-state index contributed by atoms with van der Waals surface area (Å²) in [7, 11) is -3.34. The van der Waals surface area contributed by atoms with Crippen LogP contribution in [0, 0.1) is 17.0 Å². The summed E-state index contributed by atoms with van der Waals surface area (Å²) in [6.45, 7) is 1.86. The predicted octanol–water partition coefficient (Wildman–Crippen LogP) is 2.70. The number of hydrogen-bond acceptors (Lipinski definition) is 6. The molecule has 144 valence electrons. The SMILES string of the molecule is COC(=O)[C@@H](NS(=O)(=O)c1ccccc1[N+](=O)[O-])[C@@H](Cl)c1ccc(C)cc1. The number of nitrogens with one attached hydrogen (secondary N) is 1. The van der Waals surface area contributed by atoms with E-state index in [1.165, 1.54) is 12.1 Å². The van der Waals surface area contributed by atoms with Gasteiger partial charge in [0.05, 0.1) is 17.4 Å². The quantitative estimate of drug-likeness (QED) is 0.323. The van der Waals surface area contributed by atoms with Crippen LogP contribution in [0.4, 0.5) is 5.69 Å². The van der Waals surface area contributed by atoms with E-state index in [-0.39, 0.29) is 0 Å². The molecule has 0 heterocycles. The molecule has 10 heteroatoms. The molecule has 0 aliphatic heterocycles. The average molecular weight is 413 g/mol. The standard InChI is InChI=1S/C17H17ClN2O6S/c1-11-7-9-12(10-8-11)15(18)16(17(21)26-2)19-27(24,25)14-6-4-3-5-13(14)20(22)23/h3-10,15-16,19H,1-2H3/t15-,16-/m0/s1. The van der Waals surface area contributed by atoms with Crippen LogP contribution in [0.2, 0.25) is 0 Å². The van der Waals surface area contributed by atoms with Crippen molar-refractivity contribution in [1.82, 2.24) is 4.72 Å². The van der Waals surface area contributed by atoms with Gasteiger partial charge in [0, 0.05) is 6.07 Å². The molecule has 8 nitrogen and oxygen atoms in total. The lowest BCUT2D eigenvalue weighted by molar-refractivity contribution is -0.387. The molecule has 0 aliphatic rings. The summed E-state index contributed by atoms with van der Waals surface area (Å²) >= 11 is 6.33. The van der Waals surface area contributed by atoms with Crippen LogP contribution in [0.3, 0.4) is 0 Å². The maximum atomic E-state index is 12.7. The maximum absolute atomic E-state index is 12.7. The fraction of sp³-hybridized carbons (Fsp3) is 0.235. The van der Waals surface area contributed by atoms with Gasteiger partial charge in [0.15, 0.2) is 4.90 Å². The predicted molar refractivity (Wildman–Crippen MR) is 99.0 cm³/mol. The summed E-state index contributed by atoms with van der Waals surface area (Å²) in [6, 6.07) is 10.2. The lowest BCUT2D eigenvalue weighted by atomic mass is 10.0. The van der Waals surface area contributed by atoms with Crippen LogP contribution in [0.15, 0.2) is 53.4 Å². The molecule has 0 unspecified atom stereocenters. The number of benzene rings is 2. The van der Waals surface area contributed by atoms with E-state index in [4.69, 9.17) is 11.6 Å². The lowest BCUT2D eigenvalue weighted by Gasteiger charge is -2.21. The van der Waals surface area contributed by atoms with Crippen molar-refractivity contribution in [2.45, 2.75) is 23.2 Å². The van der Waals surface area contributed by atoms with Gasteiger partial charge >= 0.3 is 5.97 Å². The number of halogens is 1. The van der Waals surface area contributed by atoms with Gasteiger partial charge in [-0.15, -0.1) is 11.6 Å². The number of nitro groups is 1. The van der Waals surface area contributed by atoms with Gasteiger partial charge < -0.3 is 4.74 Å². The Balaban J connectivity index is 2.42. The molecule has 2 atom stereocenters. The summed E-state index contributed by atoms with van der Waals surface area (Å²) < 4.78 is 32.2. The first-order chi connectivity index (χ1) is 12.7. The topological polar surface area (TPSA) is 116 Å². The van der Waals surface area contributed by atoms with Gasteiger partial charge in [-0.2, -0.15) is 4.72 Å². The molecule has 0 fully saturated rings. The molecular weight excluding hydrogens is 396 g/mol. The molecule has 0 saturated heterocycles. The molecule has 0 saturated carbocycles. The van der Waals surface area contributed by atoms with Gasteiger partial charge in [-0.1, -0.05) is 42.0 Å². The molecule has 0 radical (unpaired) electrons. The number of esters is 1. The number of carbonyl (C=O) groups is 1. The zero-order chi connectivity index (χ0) is 20.2. The van der Waals surface area contributed by atoms with Crippen molar-refractivity contribution in [2.75, 3.05) is 7.11 Å². The van der Waals surface area contributed by atoms with E-state index in [0.29, 0.717) is 5.56 Å². The summed E-state index contributed by atoms with van der Waals surface area (Å²) in [5.74, 6) is -0.919. The molecule has 2 aromatic rings. The zero-order valence-corrected chi connectivity index (χ0v) is 16.0. The Morgan fingerprint density at radius 2 is 1.78 bits per heavy atom. The normalized spacial score (nSPS) is 13.6. The van der Waals surface area contributed by atoms with Gasteiger partial charge in [-0.25, -0.2) is 8.42 Å². The van der Waals surface area contributed by atoms with Crippen LogP contribution >= 0.6 is 11.6 Å². The number of hydrogen-bond donors (Lipinski definition) is 1. The smallest absolute Gasteiger partial charge is 0.325 e. The first-order valence-corrected chi connectivity index (χ1v) is 9.63. The second-order valence-corrected chi connectivity index (χ2v) is 7.81. The van der Waals surface area contributed by atoms with Crippen LogP contribution < -0.4 is 4.72 Å². The number of methoxy groups -OCH3 is 1. The van der Waals surface area contributed by atoms with Crippen LogP contribution in [-0.4, -0.2) is 32.5 Å².